The van der Waals surface area contributed by atoms with Gasteiger partial charge in [-0.2, -0.15) is 0 Å². The third-order valence-corrected chi connectivity index (χ3v) is 8.65. The predicted octanol–water partition coefficient (Wildman–Crippen LogP) is 0.990. The zero-order valence-corrected chi connectivity index (χ0v) is 28.7. The highest BCUT2D eigenvalue weighted by Gasteiger charge is 2.37. The van der Waals surface area contributed by atoms with Crippen LogP contribution in [-0.2, 0) is 34.7 Å². The summed E-state index contributed by atoms with van der Waals surface area (Å²) in [5.41, 5.74) is 0.958. The molecule has 6 N–H and O–H groups in total. The minimum Gasteiger partial charge on any atom is -0.479 e. The van der Waals surface area contributed by atoms with Crippen LogP contribution in [0.3, 0.4) is 0 Å². The smallest absolute Gasteiger partial charge is 0.479 e. The largest absolute Gasteiger partial charge is 0.480 e. The van der Waals surface area contributed by atoms with Crippen molar-refractivity contribution in [3.05, 3.63) is 60.2 Å². The molecule has 1 aromatic heterocycles. The zero-order valence-electron chi connectivity index (χ0n) is 27.8. The number of rotatable bonds is 16. The molecule has 0 aliphatic carbocycles. The summed E-state index contributed by atoms with van der Waals surface area (Å²) in [5.74, 6) is -6.07. The molecule has 3 atom stereocenters. The van der Waals surface area contributed by atoms with Crippen molar-refractivity contribution in [1.82, 2.24) is 30.8 Å². The lowest BCUT2D eigenvalue weighted by molar-refractivity contribution is -0.139. The van der Waals surface area contributed by atoms with Gasteiger partial charge in [-0.15, -0.1) is 0 Å². The number of carboxylic acid groups (broad SMARTS) is 1. The molecule has 1 aliphatic heterocycles. The Labute approximate surface area is 286 Å². The molecule has 49 heavy (non-hydrogen) atoms. The Balaban J connectivity index is 1.58. The number of aliphatic carboxylic acids is 1. The van der Waals surface area contributed by atoms with Crippen molar-refractivity contribution in [2.75, 3.05) is 32.8 Å². The van der Waals surface area contributed by atoms with Crippen LogP contribution >= 0.6 is 7.60 Å². The first-order valence-corrected chi connectivity index (χ1v) is 18.0. The number of carbonyl (C=O) groups is 4. The average molecular weight is 705 g/mol. The van der Waals surface area contributed by atoms with Gasteiger partial charge in [0.25, 0.3) is 5.91 Å². The molecule has 16 nitrogen and oxygen atoms in total. The van der Waals surface area contributed by atoms with E-state index in [0.29, 0.717) is 58.5 Å². The third kappa shape index (κ3) is 14.3. The topological polar surface area (TPSA) is 230 Å². The SMILES string of the molecule is CC(C)C[C@@H](NC(=O)[C@@H](Cc1ccccc1)NC(=O)c1cnccn1)B1OCCCN(CCCC(=O)NC(C(=O)O)P(=O)(O)O)CCCO1. The summed E-state index contributed by atoms with van der Waals surface area (Å²) in [6.45, 7) is 6.50. The summed E-state index contributed by atoms with van der Waals surface area (Å²) in [6, 6.07) is 8.46. The Bertz CT molecular complexity index is 1390. The van der Waals surface area contributed by atoms with E-state index in [1.807, 2.05) is 49.5 Å². The van der Waals surface area contributed by atoms with Gasteiger partial charge in [0.1, 0.15) is 11.7 Å². The molecule has 1 fully saturated rings. The molecule has 0 saturated carbocycles. The van der Waals surface area contributed by atoms with Crippen molar-refractivity contribution in [2.24, 2.45) is 5.92 Å². The summed E-state index contributed by atoms with van der Waals surface area (Å²) in [4.78, 5) is 78.4. The number of amides is 3. The maximum absolute atomic E-state index is 13.8. The van der Waals surface area contributed by atoms with E-state index < -0.39 is 50.3 Å². The molecule has 1 aliphatic rings. The molecule has 1 aromatic carbocycles. The second-order valence-electron chi connectivity index (χ2n) is 12.2. The van der Waals surface area contributed by atoms with Crippen LogP contribution in [0.2, 0.25) is 0 Å². The fraction of sp³-hybridized carbons (Fsp3) is 0.548. The van der Waals surface area contributed by atoms with Crippen molar-refractivity contribution < 1.29 is 47.9 Å². The van der Waals surface area contributed by atoms with Gasteiger partial charge in [-0.1, -0.05) is 44.2 Å². The first-order valence-electron chi connectivity index (χ1n) is 16.3. The number of benzene rings is 1. The van der Waals surface area contributed by atoms with Gasteiger partial charge < -0.3 is 45.1 Å². The number of aromatic nitrogens is 2. The molecule has 1 saturated heterocycles. The van der Waals surface area contributed by atoms with Crippen LogP contribution < -0.4 is 16.0 Å². The zero-order chi connectivity index (χ0) is 35.8. The maximum atomic E-state index is 13.8. The lowest BCUT2D eigenvalue weighted by Gasteiger charge is -2.30. The van der Waals surface area contributed by atoms with Crippen LogP contribution in [0.25, 0.3) is 0 Å². The minimum atomic E-state index is -5.04. The predicted molar refractivity (Wildman–Crippen MR) is 179 cm³/mol. The number of carboxylic acids is 1. The number of nitrogens with zero attached hydrogens (tertiary/aromatic N) is 3. The number of nitrogens with one attached hydrogen (secondary N) is 3. The lowest BCUT2D eigenvalue weighted by Crippen LogP contribution is -2.56. The number of hydrogen-bond acceptors (Lipinski definition) is 10. The van der Waals surface area contributed by atoms with Crippen molar-refractivity contribution >= 4 is 38.4 Å². The van der Waals surface area contributed by atoms with E-state index >= 15 is 0 Å². The number of carbonyl (C=O) groups excluding carboxylic acids is 3. The molecule has 3 rings (SSSR count). The monoisotopic (exact) mass is 704 g/mol. The van der Waals surface area contributed by atoms with Crippen LogP contribution in [0, 0.1) is 5.92 Å². The van der Waals surface area contributed by atoms with Crippen molar-refractivity contribution in [1.29, 1.82) is 0 Å². The van der Waals surface area contributed by atoms with Gasteiger partial charge in [0.2, 0.25) is 17.6 Å². The van der Waals surface area contributed by atoms with Gasteiger partial charge in [-0.3, -0.25) is 23.9 Å². The normalized spacial score (nSPS) is 16.6. The summed E-state index contributed by atoms with van der Waals surface area (Å²) in [7, 11) is -5.77. The van der Waals surface area contributed by atoms with E-state index in [-0.39, 0.29) is 30.4 Å². The maximum Gasteiger partial charge on any atom is 0.480 e. The first-order chi connectivity index (χ1) is 23.3. The summed E-state index contributed by atoms with van der Waals surface area (Å²) in [5, 5.41) is 16.8. The Morgan fingerprint density at radius 3 is 2.24 bits per heavy atom. The standard InChI is InChI=1S/C31H46BN6O10P/c1-22(2)19-26(36-28(40)24(20-23-9-4-3-5-10-23)35-29(41)25-21-33-12-13-34-25)32-47-17-7-15-38(16-8-18-48-32)14-6-11-27(39)37-30(31(42)43)49(44,45)46/h3-5,9-10,12-13,21-22,24,26,30H,6-8,11,14-20H2,1-2H3,(H,35,41)(H,36,40)(H,37,39)(H,42,43)(H2,44,45,46)/t24-,26-,30?/m1/s1. The molecular weight excluding hydrogens is 658 g/mol. The Morgan fingerprint density at radius 2 is 1.67 bits per heavy atom. The Hall–Kier alpha value is -3.73. The van der Waals surface area contributed by atoms with E-state index in [4.69, 9.17) is 24.2 Å². The molecule has 18 heteroatoms. The molecule has 3 amide bonds. The molecule has 268 valence electrons. The van der Waals surface area contributed by atoms with Gasteiger partial charge in [-0.25, -0.2) is 9.78 Å². The van der Waals surface area contributed by atoms with Crippen LogP contribution in [0.1, 0.15) is 62.0 Å². The van der Waals surface area contributed by atoms with Gasteiger partial charge in [-0.05, 0) is 43.7 Å². The fourth-order valence-electron chi connectivity index (χ4n) is 5.31. The highest BCUT2D eigenvalue weighted by atomic mass is 31.2. The highest BCUT2D eigenvalue weighted by molar-refractivity contribution is 7.53. The highest BCUT2D eigenvalue weighted by Crippen LogP contribution is 2.39. The molecule has 0 bridgehead atoms. The van der Waals surface area contributed by atoms with Gasteiger partial charge in [0, 0.05) is 51.5 Å². The second-order valence-corrected chi connectivity index (χ2v) is 13.9. The van der Waals surface area contributed by atoms with Crippen LogP contribution in [-0.4, -0.2) is 111 Å². The van der Waals surface area contributed by atoms with Crippen LogP contribution in [0.5, 0.6) is 0 Å². The lowest BCUT2D eigenvalue weighted by atomic mass is 9.73. The molecule has 0 radical (unpaired) electrons. The number of hydrogen-bond donors (Lipinski definition) is 6. The van der Waals surface area contributed by atoms with Crippen molar-refractivity contribution in [3.63, 3.8) is 0 Å². The van der Waals surface area contributed by atoms with E-state index in [9.17, 15) is 23.7 Å². The van der Waals surface area contributed by atoms with Crippen molar-refractivity contribution in [3.8, 4) is 0 Å². The average Bonchev–Trinajstić information content (AvgIpc) is 3.05. The molecule has 0 spiro atoms. The Morgan fingerprint density at radius 1 is 1.00 bits per heavy atom. The van der Waals surface area contributed by atoms with Crippen molar-refractivity contribution in [2.45, 2.75) is 70.1 Å². The van der Waals surface area contributed by atoms with E-state index in [2.05, 4.69) is 25.5 Å². The fourth-order valence-corrected chi connectivity index (χ4v) is 5.91. The van der Waals surface area contributed by atoms with Gasteiger partial charge in [0.15, 0.2) is 0 Å². The molecule has 2 aromatic rings. The van der Waals surface area contributed by atoms with E-state index in [0.717, 1.165) is 5.56 Å². The van der Waals surface area contributed by atoms with Crippen LogP contribution in [0.4, 0.5) is 0 Å². The van der Waals surface area contributed by atoms with Gasteiger partial charge in [0.05, 0.1) is 12.1 Å². The molecule has 2 heterocycles. The minimum absolute atomic E-state index is 0.0927. The summed E-state index contributed by atoms with van der Waals surface area (Å²) in [6.07, 6.45) is 6.51. The van der Waals surface area contributed by atoms with Gasteiger partial charge >= 0.3 is 20.7 Å². The molecule has 1 unspecified atom stereocenters. The third-order valence-electron chi connectivity index (χ3n) is 7.63. The van der Waals surface area contributed by atoms with Crippen LogP contribution in [0.15, 0.2) is 48.9 Å². The Kier molecular flexibility index (Phi) is 16.3. The summed E-state index contributed by atoms with van der Waals surface area (Å²) >= 11 is 0. The molecular formula is C31H46BN6O10P. The van der Waals surface area contributed by atoms with E-state index in [1.54, 1.807) is 0 Å². The quantitative estimate of drug-likeness (QED) is 0.106. The summed E-state index contributed by atoms with van der Waals surface area (Å²) < 4.78 is 23.7. The first kappa shape index (κ1) is 39.7. The second kappa shape index (κ2) is 20.1. The van der Waals surface area contributed by atoms with E-state index in [1.165, 1.54) is 18.6 Å².